The molecule has 2 unspecified atom stereocenters. The van der Waals surface area contributed by atoms with Crippen LogP contribution in [0.3, 0.4) is 0 Å². The number of alkyl halides is 1. The first-order valence-corrected chi connectivity index (χ1v) is 7.34. The van der Waals surface area contributed by atoms with Crippen LogP contribution >= 0.6 is 11.6 Å². The van der Waals surface area contributed by atoms with Gasteiger partial charge in [0.1, 0.15) is 17.6 Å². The van der Waals surface area contributed by atoms with Gasteiger partial charge in [0, 0.05) is 6.20 Å². The summed E-state index contributed by atoms with van der Waals surface area (Å²) < 4.78 is 20.9. The van der Waals surface area contributed by atoms with Gasteiger partial charge in [-0.25, -0.2) is 4.39 Å². The summed E-state index contributed by atoms with van der Waals surface area (Å²) in [6.07, 6.45) is -2.60. The second-order valence-electron chi connectivity index (χ2n) is 5.33. The van der Waals surface area contributed by atoms with E-state index < -0.39 is 41.3 Å². The zero-order chi connectivity index (χ0) is 17.6. The molecule has 3 heterocycles. The number of aliphatic hydroxyl groups excluding tert-OH is 2. The number of rotatable bonds is 2. The molecule has 1 aliphatic heterocycles. The Morgan fingerprint density at radius 2 is 2.38 bits per heavy atom. The third-order valence-electron chi connectivity index (χ3n) is 3.85. The number of nitrogens with two attached hydrogens (primary N) is 1. The highest BCUT2D eigenvalue weighted by Crippen LogP contribution is 2.44. The lowest BCUT2D eigenvalue weighted by Gasteiger charge is -2.25. The van der Waals surface area contributed by atoms with Crippen LogP contribution in [0.5, 0.6) is 0 Å². The first-order chi connectivity index (χ1) is 11.3. The lowest BCUT2D eigenvalue weighted by molar-refractivity contribution is -0.0436. The highest BCUT2D eigenvalue weighted by atomic mass is 35.5. The monoisotopic (exact) mass is 356 g/mol. The number of fused-ring (bicyclic) bond motifs is 1. The predicted molar refractivity (Wildman–Crippen MR) is 83.8 cm³/mol. The van der Waals surface area contributed by atoms with E-state index in [0.717, 1.165) is 10.8 Å². The molecule has 2 aromatic rings. The van der Waals surface area contributed by atoms with Gasteiger partial charge >= 0.3 is 0 Å². The quantitative estimate of drug-likeness (QED) is 0.432. The normalized spacial score (nSPS) is 29.6. The lowest BCUT2D eigenvalue weighted by Crippen LogP contribution is -2.41. The number of ether oxygens (including phenoxy) is 1. The van der Waals surface area contributed by atoms with Crippen molar-refractivity contribution in [1.29, 1.82) is 0 Å². The van der Waals surface area contributed by atoms with Crippen LogP contribution in [0.4, 0.5) is 10.3 Å². The van der Waals surface area contributed by atoms with E-state index in [1.165, 1.54) is 6.92 Å². The zero-order valence-electron chi connectivity index (χ0n) is 12.5. The molecule has 1 aliphatic rings. The molecule has 8 nitrogen and oxygen atoms in total. The van der Waals surface area contributed by atoms with Gasteiger partial charge in [0.05, 0.1) is 6.61 Å². The lowest BCUT2D eigenvalue weighted by atomic mass is 9.99. The first-order valence-electron chi connectivity index (χ1n) is 6.96. The average molecular weight is 357 g/mol. The summed E-state index contributed by atoms with van der Waals surface area (Å²) in [4.78, 5) is 16.4. The number of H-pyrrole nitrogens is 1. The van der Waals surface area contributed by atoms with Crippen LogP contribution in [0.15, 0.2) is 11.0 Å². The predicted octanol–water partition coefficient (Wildman–Crippen LogP) is -0.303. The molecule has 0 aromatic carbocycles. The third kappa shape index (κ3) is 2.27. The molecule has 10 heteroatoms. The molecule has 0 radical (unpaired) electrons. The molecule has 0 saturated carbocycles. The fraction of sp³-hybridized carbons (Fsp3) is 0.429. The maximum atomic E-state index is 14.2. The number of aromatic nitrogens is 3. The summed E-state index contributed by atoms with van der Waals surface area (Å²) in [5.41, 5.74) is 4.65. The van der Waals surface area contributed by atoms with Crippen molar-refractivity contribution < 1.29 is 19.3 Å². The fourth-order valence-electron chi connectivity index (χ4n) is 2.80. The smallest absolute Gasteiger partial charge is 0.264 e. The number of aromatic amines is 1. The number of hydrogen-bond donors (Lipinski definition) is 4. The van der Waals surface area contributed by atoms with Gasteiger partial charge in [0.15, 0.2) is 22.6 Å². The summed E-state index contributed by atoms with van der Waals surface area (Å²) in [6.45, 7) is 0.991. The van der Waals surface area contributed by atoms with Gasteiger partial charge in [-0.3, -0.25) is 14.3 Å². The Hall–Kier alpha value is -2.12. The zero-order valence-corrected chi connectivity index (χ0v) is 13.2. The molecule has 128 valence electrons. The number of hydrogen-bond acceptors (Lipinski definition) is 6. The molecule has 1 fully saturated rings. The highest BCUT2D eigenvalue weighted by molar-refractivity contribution is 6.27. The van der Waals surface area contributed by atoms with E-state index >= 15 is 0 Å². The minimum Gasteiger partial charge on any atom is -0.394 e. The molecule has 1 saturated heterocycles. The minimum absolute atomic E-state index is 0.104. The molecular formula is C14H14ClFN4O4. The van der Waals surface area contributed by atoms with Crippen LogP contribution < -0.4 is 11.3 Å². The van der Waals surface area contributed by atoms with E-state index in [2.05, 4.69) is 21.8 Å². The molecule has 0 spiro atoms. The Morgan fingerprint density at radius 1 is 1.67 bits per heavy atom. The average Bonchev–Trinajstić information content (AvgIpc) is 2.96. The van der Waals surface area contributed by atoms with E-state index in [1.54, 1.807) is 0 Å². The van der Waals surface area contributed by atoms with E-state index in [1.807, 2.05) is 0 Å². The highest BCUT2D eigenvalue weighted by Gasteiger charge is 2.56. The van der Waals surface area contributed by atoms with Gasteiger partial charge in [0.2, 0.25) is 5.95 Å². The Kier molecular flexibility index (Phi) is 4.01. The molecule has 2 aromatic heterocycles. The Labute approximate surface area is 140 Å². The van der Waals surface area contributed by atoms with E-state index in [-0.39, 0.29) is 17.0 Å². The number of aliphatic hydroxyl groups is 2. The van der Waals surface area contributed by atoms with Crippen LogP contribution in [0.1, 0.15) is 13.2 Å². The van der Waals surface area contributed by atoms with Crippen molar-refractivity contribution in [3.8, 4) is 11.8 Å². The van der Waals surface area contributed by atoms with Crippen molar-refractivity contribution in [2.24, 2.45) is 0 Å². The number of halogens is 2. The number of nitrogens with one attached hydrogen (secondary N) is 1. The van der Waals surface area contributed by atoms with Crippen LogP contribution in [0.25, 0.3) is 11.0 Å². The third-order valence-corrected chi connectivity index (χ3v) is 4.35. The van der Waals surface area contributed by atoms with Gasteiger partial charge in [-0.1, -0.05) is 17.5 Å². The van der Waals surface area contributed by atoms with Crippen LogP contribution in [-0.2, 0) is 4.74 Å². The summed E-state index contributed by atoms with van der Waals surface area (Å²) in [6, 6.07) is 0. The topological polar surface area (TPSA) is 126 Å². The molecule has 0 bridgehead atoms. The molecule has 5 N–H and O–H groups in total. The van der Waals surface area contributed by atoms with Crippen LogP contribution in [0, 0.1) is 17.7 Å². The van der Waals surface area contributed by atoms with Gasteiger partial charge in [0.25, 0.3) is 5.56 Å². The van der Waals surface area contributed by atoms with Crippen LogP contribution in [-0.4, -0.2) is 48.4 Å². The molecule has 0 amide bonds. The van der Waals surface area contributed by atoms with Crippen molar-refractivity contribution >= 4 is 28.6 Å². The summed E-state index contributed by atoms with van der Waals surface area (Å²) in [5, 5.41) is 19.3. The Morgan fingerprint density at radius 3 is 3.00 bits per heavy atom. The fourth-order valence-corrected chi connectivity index (χ4v) is 3.19. The van der Waals surface area contributed by atoms with Crippen molar-refractivity contribution in [3.63, 3.8) is 0 Å². The second-order valence-corrected chi connectivity index (χ2v) is 5.96. The molecule has 4 atom stereocenters. The van der Waals surface area contributed by atoms with Gasteiger partial charge in [-0.15, -0.1) is 5.92 Å². The molecule has 0 aliphatic carbocycles. The Bertz CT molecular complexity index is 917. The van der Waals surface area contributed by atoms with Gasteiger partial charge in [-0.05, 0) is 6.92 Å². The van der Waals surface area contributed by atoms with E-state index in [4.69, 9.17) is 22.1 Å². The van der Waals surface area contributed by atoms with Crippen molar-refractivity contribution in [1.82, 2.24) is 14.5 Å². The van der Waals surface area contributed by atoms with Crippen molar-refractivity contribution in [2.75, 3.05) is 12.3 Å². The summed E-state index contributed by atoms with van der Waals surface area (Å²) >= 11 is 6.44. The Balaban J connectivity index is 2.26. The van der Waals surface area contributed by atoms with Crippen LogP contribution in [0.2, 0.25) is 0 Å². The number of nitrogens with zero attached hydrogens (tertiary/aromatic N) is 2. The molecular weight excluding hydrogens is 343 g/mol. The van der Waals surface area contributed by atoms with Gasteiger partial charge < -0.3 is 20.7 Å². The summed E-state index contributed by atoms with van der Waals surface area (Å²) in [7, 11) is 0. The largest absolute Gasteiger partial charge is 0.394 e. The van der Waals surface area contributed by atoms with Crippen molar-refractivity contribution in [2.45, 2.75) is 30.2 Å². The van der Waals surface area contributed by atoms with E-state index in [9.17, 15) is 19.4 Å². The second kappa shape index (κ2) is 5.75. The number of nitrogen functional groups attached to an aromatic ring is 1. The maximum absolute atomic E-state index is 14.2. The van der Waals surface area contributed by atoms with Crippen molar-refractivity contribution in [3.05, 3.63) is 22.4 Å². The maximum Gasteiger partial charge on any atom is 0.264 e. The minimum atomic E-state index is -1.67. The molecule has 3 rings (SSSR count). The molecule has 24 heavy (non-hydrogen) atoms. The van der Waals surface area contributed by atoms with Gasteiger partial charge in [-0.2, -0.15) is 4.98 Å². The SMILES string of the molecule is CC#CC1(Cl)C(O)[C@@H](CO)O[C@H]1n1cc(F)c2c(=O)[nH]c(N)nc21. The standard InChI is InChI=1S/C14H14ClFN4O4/c1-2-3-14(15)9(22)7(5-21)24-12(14)20-4-6(16)8-10(20)18-13(17)19-11(8)23/h4,7,9,12,21-22H,5H2,1H3,(H3,17,18,19,23)/t7-,9?,12-,14?/m1/s1. The summed E-state index contributed by atoms with van der Waals surface area (Å²) in [5.74, 6) is 4.14. The first kappa shape index (κ1) is 16.7. The van der Waals surface area contributed by atoms with E-state index in [0.29, 0.717) is 0 Å². The number of anilines is 1.